The molecule has 4 N–H and O–H groups in total. The number of halogens is 1. The van der Waals surface area contributed by atoms with Crippen molar-refractivity contribution in [2.24, 2.45) is 12.8 Å². The van der Waals surface area contributed by atoms with Crippen LogP contribution in [0.15, 0.2) is 30.9 Å². The zero-order chi connectivity index (χ0) is 20.2. The first-order valence-corrected chi connectivity index (χ1v) is 9.93. The smallest absolute Gasteiger partial charge is 0.313 e. The largest absolute Gasteiger partial charge is 0.375 e. The molecule has 4 aromatic rings. The highest BCUT2D eigenvalue weighted by Gasteiger charge is 2.44. The van der Waals surface area contributed by atoms with E-state index in [9.17, 15) is 4.79 Å². The lowest BCUT2D eigenvalue weighted by atomic mass is 9.99. The highest BCUT2D eigenvalue weighted by atomic mass is 35.5. The number of carbonyl (C=O) groups excluding carboxylic acids is 1. The molecule has 9 nitrogen and oxygen atoms in total. The van der Waals surface area contributed by atoms with Gasteiger partial charge >= 0.3 is 6.03 Å². The Hall–Kier alpha value is -2.95. The topological polar surface area (TPSA) is 124 Å². The number of aryl methyl sites for hydroxylation is 1. The third kappa shape index (κ3) is 2.96. The van der Waals surface area contributed by atoms with Crippen molar-refractivity contribution in [1.29, 1.82) is 0 Å². The second kappa shape index (κ2) is 6.55. The molecule has 0 radical (unpaired) electrons. The van der Waals surface area contributed by atoms with Crippen molar-refractivity contribution in [3.8, 4) is 21.7 Å². The van der Waals surface area contributed by atoms with Crippen LogP contribution < -0.4 is 11.1 Å². The molecule has 2 amide bonds. The number of ether oxygens (including phenoxy) is 1. The first-order valence-electron chi connectivity index (χ1n) is 8.73. The van der Waals surface area contributed by atoms with Gasteiger partial charge in [0.05, 0.1) is 35.0 Å². The number of primary amides is 1. The number of hydrogen-bond donors (Lipinski definition) is 3. The van der Waals surface area contributed by atoms with Crippen LogP contribution in [0.1, 0.15) is 5.01 Å². The van der Waals surface area contributed by atoms with Gasteiger partial charge in [-0.25, -0.2) is 14.8 Å². The summed E-state index contributed by atoms with van der Waals surface area (Å²) in [5.41, 5.74) is 8.05. The third-order valence-corrected chi connectivity index (χ3v) is 6.35. The molecule has 0 aliphatic carbocycles. The van der Waals surface area contributed by atoms with Crippen LogP contribution in [0.2, 0.25) is 5.02 Å². The summed E-state index contributed by atoms with van der Waals surface area (Å²) in [7, 11) is 1.87. The molecule has 0 bridgehead atoms. The molecule has 11 heteroatoms. The molecule has 5 heterocycles. The minimum absolute atomic E-state index is 0.331. The number of amides is 2. The third-order valence-electron chi connectivity index (χ3n) is 4.85. The predicted molar refractivity (Wildman–Crippen MR) is 110 cm³/mol. The Morgan fingerprint density at radius 3 is 2.86 bits per heavy atom. The minimum Gasteiger partial charge on any atom is -0.375 e. The number of nitrogens with one attached hydrogen (secondary N) is 2. The number of thiazole rings is 1. The fourth-order valence-electron chi connectivity index (χ4n) is 3.42. The highest BCUT2D eigenvalue weighted by Crippen LogP contribution is 2.41. The number of urea groups is 1. The second-order valence-corrected chi connectivity index (χ2v) is 8.36. The number of aromatic amines is 1. The number of nitrogens with zero attached hydrogens (tertiary/aromatic N) is 4. The first kappa shape index (κ1) is 18.1. The number of aromatic nitrogens is 5. The van der Waals surface area contributed by atoms with Gasteiger partial charge in [-0.15, -0.1) is 11.3 Å². The Morgan fingerprint density at radius 2 is 2.21 bits per heavy atom. The van der Waals surface area contributed by atoms with E-state index in [1.54, 1.807) is 23.3 Å². The molecule has 0 atom stereocenters. The summed E-state index contributed by atoms with van der Waals surface area (Å²) >= 11 is 7.97. The molecule has 0 aromatic carbocycles. The van der Waals surface area contributed by atoms with Gasteiger partial charge in [0.2, 0.25) is 0 Å². The van der Waals surface area contributed by atoms with Crippen molar-refractivity contribution >= 4 is 40.0 Å². The number of hydrogen-bond acceptors (Lipinski definition) is 6. The quantitative estimate of drug-likeness (QED) is 0.460. The normalized spacial score (nSPS) is 15.4. The SMILES string of the molecule is Cn1cc(-c2cc3c(-c4cnc(C5(NC(N)=O)COC5)s4)c(Cl)cnc3[nH]2)cn1. The van der Waals surface area contributed by atoms with E-state index < -0.39 is 11.6 Å². The van der Waals surface area contributed by atoms with Crippen molar-refractivity contribution in [3.05, 3.63) is 40.9 Å². The lowest BCUT2D eigenvalue weighted by Crippen LogP contribution is -2.60. The molecule has 0 saturated carbocycles. The van der Waals surface area contributed by atoms with Crippen LogP contribution in [0.25, 0.3) is 32.7 Å². The molecular weight excluding hydrogens is 414 g/mol. The van der Waals surface area contributed by atoms with Crippen LogP contribution in [0.4, 0.5) is 4.79 Å². The van der Waals surface area contributed by atoms with Gasteiger partial charge in [0.15, 0.2) is 0 Å². The summed E-state index contributed by atoms with van der Waals surface area (Å²) in [6.45, 7) is 0.662. The van der Waals surface area contributed by atoms with Crippen molar-refractivity contribution < 1.29 is 9.53 Å². The van der Waals surface area contributed by atoms with E-state index >= 15 is 0 Å². The molecule has 29 heavy (non-hydrogen) atoms. The van der Waals surface area contributed by atoms with Gasteiger partial charge in [0.1, 0.15) is 16.2 Å². The van der Waals surface area contributed by atoms with Gasteiger partial charge in [0, 0.05) is 42.2 Å². The summed E-state index contributed by atoms with van der Waals surface area (Å²) in [5.74, 6) is 0. The summed E-state index contributed by atoms with van der Waals surface area (Å²) in [6.07, 6.45) is 7.07. The summed E-state index contributed by atoms with van der Waals surface area (Å²) in [6, 6.07) is 1.39. The molecule has 4 aromatic heterocycles. The van der Waals surface area contributed by atoms with Crippen LogP contribution in [0.3, 0.4) is 0 Å². The molecule has 0 spiro atoms. The minimum atomic E-state index is -0.688. The van der Waals surface area contributed by atoms with Crippen LogP contribution in [0, 0.1) is 0 Å². The number of pyridine rings is 1. The van der Waals surface area contributed by atoms with Crippen LogP contribution in [0.5, 0.6) is 0 Å². The van der Waals surface area contributed by atoms with Crippen molar-refractivity contribution in [1.82, 2.24) is 30.0 Å². The van der Waals surface area contributed by atoms with Crippen molar-refractivity contribution in [2.45, 2.75) is 5.54 Å². The maximum atomic E-state index is 11.4. The van der Waals surface area contributed by atoms with E-state index in [4.69, 9.17) is 22.1 Å². The molecule has 1 aliphatic rings. The fraction of sp³-hybridized carbons (Fsp3) is 0.222. The van der Waals surface area contributed by atoms with Gasteiger partial charge in [-0.2, -0.15) is 5.10 Å². The standard InChI is InChI=1S/C18H16ClN7O2S/c1-26-6-9(3-23-26)12-2-10-14(11(19)4-21-15(10)24-12)13-5-22-16(29-13)18(7-28-8-18)25-17(20)27/h2-6H,7-8H2,1H3,(H,21,24)(H3,20,25,27). The van der Waals surface area contributed by atoms with E-state index in [1.807, 2.05) is 19.3 Å². The molecule has 1 fully saturated rings. The average Bonchev–Trinajstić information content (AvgIpc) is 3.36. The van der Waals surface area contributed by atoms with Gasteiger partial charge in [-0.3, -0.25) is 4.68 Å². The van der Waals surface area contributed by atoms with Gasteiger partial charge < -0.3 is 20.8 Å². The number of carbonyl (C=O) groups is 1. The first-order chi connectivity index (χ1) is 13.9. The molecule has 0 unspecified atom stereocenters. The zero-order valence-corrected chi connectivity index (χ0v) is 16.8. The van der Waals surface area contributed by atoms with E-state index in [-0.39, 0.29) is 0 Å². The Kier molecular flexibility index (Phi) is 4.09. The van der Waals surface area contributed by atoms with E-state index in [1.165, 1.54) is 11.3 Å². The summed E-state index contributed by atoms with van der Waals surface area (Å²) in [5, 5.41) is 9.10. The van der Waals surface area contributed by atoms with E-state index in [0.29, 0.717) is 18.2 Å². The fourth-order valence-corrected chi connectivity index (χ4v) is 4.83. The molecular formula is C18H16ClN7O2S. The maximum Gasteiger partial charge on any atom is 0.313 e. The maximum absolute atomic E-state index is 11.4. The van der Waals surface area contributed by atoms with Crippen molar-refractivity contribution in [3.63, 3.8) is 0 Å². The molecule has 5 rings (SSSR count). The lowest BCUT2D eigenvalue weighted by molar-refractivity contribution is -0.0712. The van der Waals surface area contributed by atoms with E-state index in [0.717, 1.165) is 37.7 Å². The summed E-state index contributed by atoms with van der Waals surface area (Å²) < 4.78 is 7.04. The zero-order valence-electron chi connectivity index (χ0n) is 15.3. The number of fused-ring (bicyclic) bond motifs is 1. The van der Waals surface area contributed by atoms with Crippen molar-refractivity contribution in [2.75, 3.05) is 13.2 Å². The lowest BCUT2D eigenvalue weighted by Gasteiger charge is -2.39. The molecule has 1 aliphatic heterocycles. The van der Waals surface area contributed by atoms with E-state index in [2.05, 4.69) is 25.4 Å². The average molecular weight is 430 g/mol. The van der Waals surface area contributed by atoms with Gasteiger partial charge in [-0.1, -0.05) is 11.6 Å². The Morgan fingerprint density at radius 1 is 1.38 bits per heavy atom. The molecule has 1 saturated heterocycles. The Labute approximate surface area is 173 Å². The number of H-pyrrole nitrogens is 1. The van der Waals surface area contributed by atoms with Gasteiger partial charge in [0.25, 0.3) is 0 Å². The van der Waals surface area contributed by atoms with Crippen LogP contribution in [-0.4, -0.2) is 44.0 Å². The summed E-state index contributed by atoms with van der Waals surface area (Å²) in [4.78, 5) is 24.5. The monoisotopic (exact) mass is 429 g/mol. The van der Waals surface area contributed by atoms with Crippen LogP contribution in [-0.2, 0) is 17.3 Å². The van der Waals surface area contributed by atoms with Gasteiger partial charge in [-0.05, 0) is 6.07 Å². The number of rotatable bonds is 4. The second-order valence-electron chi connectivity index (χ2n) is 6.92. The predicted octanol–water partition coefficient (Wildman–Crippen LogP) is 2.63. The number of nitrogens with two attached hydrogens (primary N) is 1. The Bertz CT molecular complexity index is 1240. The van der Waals surface area contributed by atoms with Crippen LogP contribution >= 0.6 is 22.9 Å². The Balaban J connectivity index is 1.60. The highest BCUT2D eigenvalue weighted by molar-refractivity contribution is 7.15. The molecule has 148 valence electrons.